The number of carbonyl (C=O) groups is 1. The molecule has 0 atom stereocenters. The van der Waals surface area contributed by atoms with Crippen molar-refractivity contribution in [1.29, 1.82) is 0 Å². The van der Waals surface area contributed by atoms with Gasteiger partial charge in [0.05, 0.1) is 6.54 Å². The minimum absolute atomic E-state index is 0.0381. The lowest BCUT2D eigenvalue weighted by atomic mass is 10.4. The molecule has 1 rings (SSSR count). The topological polar surface area (TPSA) is 80.0 Å². The van der Waals surface area contributed by atoms with Crippen LogP contribution in [0.5, 0.6) is 0 Å². The predicted octanol–water partition coefficient (Wildman–Crippen LogP) is 0.762. The maximum absolute atomic E-state index is 11.8. The highest BCUT2D eigenvalue weighted by molar-refractivity contribution is 7.18. The average molecular weight is 236 g/mol. The van der Waals surface area contributed by atoms with Gasteiger partial charge in [-0.3, -0.25) is 4.79 Å². The van der Waals surface area contributed by atoms with Crippen molar-refractivity contribution in [3.05, 3.63) is 4.88 Å². The van der Waals surface area contributed by atoms with Crippen molar-refractivity contribution in [2.24, 2.45) is 0 Å². The fourth-order valence-electron chi connectivity index (χ4n) is 0.852. The number of anilines is 2. The molecule has 0 bridgehead atoms. The first-order valence-electron chi connectivity index (χ1n) is 4.05. The van der Waals surface area contributed by atoms with Gasteiger partial charge in [0.2, 0.25) is 0 Å². The normalized spacial score (nSPS) is 10.4. The number of aromatic nitrogens is 1. The summed E-state index contributed by atoms with van der Waals surface area (Å²) in [6.45, 7) is -0.689. The van der Waals surface area contributed by atoms with Crippen molar-refractivity contribution in [2.45, 2.75) is 6.43 Å². The van der Waals surface area contributed by atoms with Gasteiger partial charge in [-0.25, -0.2) is 13.8 Å². The number of carbonyl (C=O) groups excluding carboxylic acids is 1. The van der Waals surface area contributed by atoms with E-state index in [2.05, 4.69) is 15.6 Å². The van der Waals surface area contributed by atoms with E-state index in [0.717, 1.165) is 11.3 Å². The maximum atomic E-state index is 11.8. The third-order valence-corrected chi connectivity index (χ3v) is 2.58. The zero-order valence-electron chi connectivity index (χ0n) is 7.88. The average Bonchev–Trinajstić information content (AvgIpc) is 2.56. The number of nitrogen functional groups attached to an aromatic ring is 1. The van der Waals surface area contributed by atoms with Crippen LogP contribution in [0.1, 0.15) is 9.67 Å². The Morgan fingerprint density at radius 1 is 1.67 bits per heavy atom. The molecule has 0 aliphatic rings. The monoisotopic (exact) mass is 236 g/mol. The summed E-state index contributed by atoms with van der Waals surface area (Å²) in [5.74, 6) is -0.595. The Morgan fingerprint density at radius 2 is 2.33 bits per heavy atom. The first kappa shape index (κ1) is 11.6. The Bertz CT molecular complexity index is 355. The van der Waals surface area contributed by atoms with E-state index in [4.69, 9.17) is 5.73 Å². The second-order valence-electron chi connectivity index (χ2n) is 2.58. The lowest BCUT2D eigenvalue weighted by molar-refractivity contribution is 0.0896. The van der Waals surface area contributed by atoms with Crippen molar-refractivity contribution in [3.63, 3.8) is 0 Å². The van der Waals surface area contributed by atoms with Crippen LogP contribution in [-0.2, 0) is 0 Å². The van der Waals surface area contributed by atoms with Gasteiger partial charge in [0.25, 0.3) is 12.3 Å². The molecule has 1 aromatic rings. The van der Waals surface area contributed by atoms with Crippen LogP contribution in [0.25, 0.3) is 0 Å². The third kappa shape index (κ3) is 3.01. The molecular weight excluding hydrogens is 226 g/mol. The number of thiazole rings is 1. The Balaban J connectivity index is 2.68. The van der Waals surface area contributed by atoms with Crippen molar-refractivity contribution < 1.29 is 13.6 Å². The van der Waals surface area contributed by atoms with Gasteiger partial charge in [-0.1, -0.05) is 11.3 Å². The zero-order valence-corrected chi connectivity index (χ0v) is 8.70. The summed E-state index contributed by atoms with van der Waals surface area (Å²) in [4.78, 5) is 15.3. The van der Waals surface area contributed by atoms with E-state index in [9.17, 15) is 13.6 Å². The van der Waals surface area contributed by atoms with Gasteiger partial charge in [0.1, 0.15) is 10.7 Å². The minimum atomic E-state index is -2.58. The van der Waals surface area contributed by atoms with E-state index >= 15 is 0 Å². The standard InChI is InChI=1S/C7H10F2N4OS/c1-11-7-13-5(10)4(15-7)6(14)12-2-3(8)9/h3H,2,10H2,1H3,(H,11,13)(H,12,14). The van der Waals surface area contributed by atoms with E-state index in [1.54, 1.807) is 7.05 Å². The molecule has 0 fully saturated rings. The van der Waals surface area contributed by atoms with Crippen molar-refractivity contribution >= 4 is 28.2 Å². The molecule has 0 unspecified atom stereocenters. The van der Waals surface area contributed by atoms with Crippen LogP contribution in [0.3, 0.4) is 0 Å². The lowest BCUT2D eigenvalue weighted by Gasteiger charge is -2.01. The smallest absolute Gasteiger partial charge is 0.265 e. The van der Waals surface area contributed by atoms with Gasteiger partial charge >= 0.3 is 0 Å². The zero-order chi connectivity index (χ0) is 11.4. The molecule has 0 aliphatic carbocycles. The van der Waals surface area contributed by atoms with Crippen molar-refractivity contribution in [2.75, 3.05) is 24.6 Å². The van der Waals surface area contributed by atoms with Crippen LogP contribution in [0, 0.1) is 0 Å². The maximum Gasteiger partial charge on any atom is 0.265 e. The number of halogens is 2. The number of rotatable bonds is 4. The second kappa shape index (κ2) is 4.87. The van der Waals surface area contributed by atoms with Gasteiger partial charge in [0.15, 0.2) is 5.13 Å². The highest BCUT2D eigenvalue weighted by Crippen LogP contribution is 2.24. The molecule has 15 heavy (non-hydrogen) atoms. The molecule has 5 nitrogen and oxygen atoms in total. The molecule has 0 radical (unpaired) electrons. The van der Waals surface area contributed by atoms with Crippen LogP contribution in [-0.4, -0.2) is 30.9 Å². The van der Waals surface area contributed by atoms with E-state index < -0.39 is 18.9 Å². The number of nitrogens with one attached hydrogen (secondary N) is 2. The van der Waals surface area contributed by atoms with Crippen LogP contribution >= 0.6 is 11.3 Å². The van der Waals surface area contributed by atoms with Crippen LogP contribution in [0.2, 0.25) is 0 Å². The number of hydrogen-bond donors (Lipinski definition) is 3. The molecule has 8 heteroatoms. The lowest BCUT2D eigenvalue weighted by Crippen LogP contribution is -2.28. The quantitative estimate of drug-likeness (QED) is 0.721. The molecule has 4 N–H and O–H groups in total. The van der Waals surface area contributed by atoms with Crippen molar-refractivity contribution in [3.8, 4) is 0 Å². The van der Waals surface area contributed by atoms with E-state index in [1.807, 2.05) is 0 Å². The van der Waals surface area contributed by atoms with Crippen LogP contribution in [0.15, 0.2) is 0 Å². The molecule has 0 spiro atoms. The summed E-state index contributed by atoms with van der Waals surface area (Å²) in [6.07, 6.45) is -2.58. The Labute approximate surface area is 88.7 Å². The van der Waals surface area contributed by atoms with E-state index in [1.165, 1.54) is 0 Å². The second-order valence-corrected chi connectivity index (χ2v) is 3.58. The SMILES string of the molecule is CNc1nc(N)c(C(=O)NCC(F)F)s1. The third-order valence-electron chi connectivity index (χ3n) is 1.49. The largest absolute Gasteiger partial charge is 0.382 e. The summed E-state index contributed by atoms with van der Waals surface area (Å²) in [5.41, 5.74) is 5.44. The Hall–Kier alpha value is -1.44. The van der Waals surface area contributed by atoms with Gasteiger partial charge in [-0.2, -0.15) is 0 Å². The molecule has 1 amide bonds. The van der Waals surface area contributed by atoms with Crippen molar-refractivity contribution in [1.82, 2.24) is 10.3 Å². The molecule has 1 aromatic heterocycles. The number of hydrogen-bond acceptors (Lipinski definition) is 5. The Kier molecular flexibility index (Phi) is 3.78. The predicted molar refractivity (Wildman–Crippen MR) is 54.4 cm³/mol. The fourth-order valence-corrected chi connectivity index (χ4v) is 1.61. The first-order chi connectivity index (χ1) is 7.04. The molecule has 84 valence electrons. The number of amides is 1. The summed E-state index contributed by atoms with van der Waals surface area (Å²) >= 11 is 1.02. The Morgan fingerprint density at radius 3 is 2.80 bits per heavy atom. The number of nitrogens with two attached hydrogens (primary N) is 1. The van der Waals surface area contributed by atoms with Gasteiger partial charge in [-0.15, -0.1) is 0 Å². The summed E-state index contributed by atoms with van der Waals surface area (Å²) in [6, 6.07) is 0. The van der Waals surface area contributed by atoms with Crippen LogP contribution in [0.4, 0.5) is 19.7 Å². The molecule has 0 saturated heterocycles. The molecular formula is C7H10F2N4OS. The summed E-state index contributed by atoms with van der Waals surface area (Å²) in [7, 11) is 1.62. The fraction of sp³-hybridized carbons (Fsp3) is 0.429. The van der Waals surface area contributed by atoms with Gasteiger partial charge in [-0.05, 0) is 0 Å². The van der Waals surface area contributed by atoms with Gasteiger partial charge < -0.3 is 16.4 Å². The molecule has 0 aromatic carbocycles. The molecule has 1 heterocycles. The summed E-state index contributed by atoms with van der Waals surface area (Å²) in [5, 5.41) is 5.22. The number of alkyl halides is 2. The van der Waals surface area contributed by atoms with Gasteiger partial charge in [0, 0.05) is 7.05 Å². The molecule has 0 aliphatic heterocycles. The highest BCUT2D eigenvalue weighted by Gasteiger charge is 2.16. The van der Waals surface area contributed by atoms with E-state index in [-0.39, 0.29) is 10.7 Å². The number of nitrogens with zero attached hydrogens (tertiary/aromatic N) is 1. The minimum Gasteiger partial charge on any atom is -0.382 e. The first-order valence-corrected chi connectivity index (χ1v) is 4.86. The molecule has 0 saturated carbocycles. The van der Waals surface area contributed by atoms with Crippen LogP contribution < -0.4 is 16.4 Å². The summed E-state index contributed by atoms with van der Waals surface area (Å²) < 4.78 is 23.6. The van der Waals surface area contributed by atoms with E-state index in [0.29, 0.717) is 5.13 Å². The highest BCUT2D eigenvalue weighted by atomic mass is 32.1.